The van der Waals surface area contributed by atoms with Crippen molar-refractivity contribution in [3.05, 3.63) is 65.0 Å². The molecule has 0 amide bonds. The van der Waals surface area contributed by atoms with Crippen molar-refractivity contribution >= 4 is 5.82 Å². The van der Waals surface area contributed by atoms with Crippen molar-refractivity contribution in [1.29, 1.82) is 0 Å². The quantitative estimate of drug-likeness (QED) is 0.711. The van der Waals surface area contributed by atoms with E-state index in [1.165, 1.54) is 22.8 Å². The first-order valence-corrected chi connectivity index (χ1v) is 8.83. The molecule has 0 radical (unpaired) electrons. The second-order valence-electron chi connectivity index (χ2n) is 6.70. The molecule has 128 valence electrons. The molecule has 1 aliphatic rings. The summed E-state index contributed by atoms with van der Waals surface area (Å²) in [7, 11) is 0. The molecular formula is C21H22FN3. The van der Waals surface area contributed by atoms with E-state index in [1.807, 2.05) is 10.7 Å². The van der Waals surface area contributed by atoms with Crippen LogP contribution in [0.1, 0.15) is 29.5 Å². The van der Waals surface area contributed by atoms with Crippen LogP contribution in [0, 0.1) is 19.7 Å². The van der Waals surface area contributed by atoms with Gasteiger partial charge in [0.2, 0.25) is 0 Å². The number of aromatic nitrogens is 2. The predicted molar refractivity (Wildman–Crippen MR) is 99.9 cm³/mol. The molecule has 3 aromatic rings. The SMILES string of the molecule is Cc1cccc(-n2nc(-c3cccc(F)c3)c3c2NCCCC3)c1C. The molecule has 25 heavy (non-hydrogen) atoms. The number of anilines is 1. The molecule has 3 nitrogen and oxygen atoms in total. The zero-order valence-corrected chi connectivity index (χ0v) is 14.6. The van der Waals surface area contributed by atoms with E-state index in [4.69, 9.17) is 5.10 Å². The van der Waals surface area contributed by atoms with Crippen LogP contribution in [0.15, 0.2) is 42.5 Å². The summed E-state index contributed by atoms with van der Waals surface area (Å²) in [6.07, 6.45) is 3.20. The zero-order valence-electron chi connectivity index (χ0n) is 14.6. The van der Waals surface area contributed by atoms with E-state index < -0.39 is 0 Å². The number of rotatable bonds is 2. The van der Waals surface area contributed by atoms with Gasteiger partial charge in [-0.2, -0.15) is 5.10 Å². The molecule has 1 aromatic heterocycles. The number of fused-ring (bicyclic) bond motifs is 1. The molecule has 1 N–H and O–H groups in total. The average molecular weight is 335 g/mol. The monoisotopic (exact) mass is 335 g/mol. The first-order valence-electron chi connectivity index (χ1n) is 8.83. The van der Waals surface area contributed by atoms with Crippen molar-refractivity contribution in [3.8, 4) is 16.9 Å². The number of hydrogen-bond acceptors (Lipinski definition) is 2. The number of halogens is 1. The van der Waals surface area contributed by atoms with Crippen molar-refractivity contribution in [2.45, 2.75) is 33.1 Å². The van der Waals surface area contributed by atoms with Crippen LogP contribution < -0.4 is 5.32 Å². The minimum atomic E-state index is -0.228. The first-order chi connectivity index (χ1) is 12.1. The molecular weight excluding hydrogens is 313 g/mol. The van der Waals surface area contributed by atoms with E-state index in [9.17, 15) is 4.39 Å². The number of benzene rings is 2. The van der Waals surface area contributed by atoms with Crippen LogP contribution in [0.25, 0.3) is 16.9 Å². The van der Waals surface area contributed by atoms with Gasteiger partial charge in [0.15, 0.2) is 0 Å². The summed E-state index contributed by atoms with van der Waals surface area (Å²) in [6.45, 7) is 5.17. The highest BCUT2D eigenvalue weighted by atomic mass is 19.1. The summed E-state index contributed by atoms with van der Waals surface area (Å²) in [4.78, 5) is 0. The van der Waals surface area contributed by atoms with Gasteiger partial charge < -0.3 is 5.32 Å². The van der Waals surface area contributed by atoms with Gasteiger partial charge in [-0.3, -0.25) is 0 Å². The molecule has 0 atom stereocenters. The maximum Gasteiger partial charge on any atom is 0.133 e. The second kappa shape index (κ2) is 6.36. The van der Waals surface area contributed by atoms with Crippen LogP contribution in [-0.4, -0.2) is 16.3 Å². The minimum Gasteiger partial charge on any atom is -0.370 e. The molecule has 0 unspecified atom stereocenters. The number of nitrogens with zero attached hydrogens (tertiary/aromatic N) is 2. The molecule has 0 fully saturated rings. The molecule has 0 aliphatic carbocycles. The Morgan fingerprint density at radius 2 is 1.92 bits per heavy atom. The summed E-state index contributed by atoms with van der Waals surface area (Å²) in [6, 6.07) is 13.0. The summed E-state index contributed by atoms with van der Waals surface area (Å²) in [5.41, 5.74) is 6.43. The molecule has 0 spiro atoms. The lowest BCUT2D eigenvalue weighted by atomic mass is 10.0. The number of aryl methyl sites for hydroxylation is 1. The van der Waals surface area contributed by atoms with E-state index in [1.54, 1.807) is 12.1 Å². The number of hydrogen-bond donors (Lipinski definition) is 1. The average Bonchev–Trinajstić information content (AvgIpc) is 2.79. The zero-order chi connectivity index (χ0) is 17.4. The van der Waals surface area contributed by atoms with Crippen LogP contribution in [0.2, 0.25) is 0 Å². The smallest absolute Gasteiger partial charge is 0.133 e. The predicted octanol–water partition coefficient (Wildman–Crippen LogP) is 5.04. The lowest BCUT2D eigenvalue weighted by molar-refractivity contribution is 0.628. The van der Waals surface area contributed by atoms with Crippen LogP contribution in [-0.2, 0) is 6.42 Å². The van der Waals surface area contributed by atoms with Gasteiger partial charge in [-0.1, -0.05) is 24.3 Å². The Kier molecular flexibility index (Phi) is 4.04. The van der Waals surface area contributed by atoms with Crippen molar-refractivity contribution in [2.75, 3.05) is 11.9 Å². The van der Waals surface area contributed by atoms with Gasteiger partial charge in [-0.25, -0.2) is 9.07 Å². The first kappa shape index (κ1) is 15.9. The minimum absolute atomic E-state index is 0.228. The standard InChI is InChI=1S/C21H22FN3/c1-14-7-5-11-19(15(14)2)25-21-18(10-3-4-12-23-21)20(24-25)16-8-6-9-17(22)13-16/h5-9,11,13,23H,3-4,10,12H2,1-2H3. The Labute approximate surface area is 147 Å². The largest absolute Gasteiger partial charge is 0.370 e. The van der Waals surface area contributed by atoms with Crippen molar-refractivity contribution in [3.63, 3.8) is 0 Å². The highest BCUT2D eigenvalue weighted by molar-refractivity contribution is 5.71. The molecule has 2 aromatic carbocycles. The van der Waals surface area contributed by atoms with Crippen LogP contribution in [0.5, 0.6) is 0 Å². The fourth-order valence-corrected chi connectivity index (χ4v) is 3.51. The fraction of sp³-hybridized carbons (Fsp3) is 0.286. The van der Waals surface area contributed by atoms with Crippen LogP contribution >= 0.6 is 0 Å². The molecule has 2 heterocycles. The molecule has 1 aliphatic heterocycles. The molecule has 4 heteroatoms. The van der Waals surface area contributed by atoms with Gasteiger partial charge in [-0.05, 0) is 62.4 Å². The van der Waals surface area contributed by atoms with Crippen LogP contribution in [0.3, 0.4) is 0 Å². The Hall–Kier alpha value is -2.62. The maximum absolute atomic E-state index is 13.8. The fourth-order valence-electron chi connectivity index (χ4n) is 3.51. The Balaban J connectivity index is 1.95. The van der Waals surface area contributed by atoms with Crippen LogP contribution in [0.4, 0.5) is 10.2 Å². The van der Waals surface area contributed by atoms with E-state index in [0.29, 0.717) is 0 Å². The van der Waals surface area contributed by atoms with Gasteiger partial charge >= 0.3 is 0 Å². The van der Waals surface area contributed by atoms with E-state index >= 15 is 0 Å². The molecule has 0 saturated carbocycles. The molecule has 4 rings (SSSR count). The summed E-state index contributed by atoms with van der Waals surface area (Å²) in [5, 5.41) is 8.45. The van der Waals surface area contributed by atoms with Crippen molar-refractivity contribution < 1.29 is 4.39 Å². The third-order valence-electron chi connectivity index (χ3n) is 5.03. The topological polar surface area (TPSA) is 29.9 Å². The Morgan fingerprint density at radius 1 is 1.08 bits per heavy atom. The van der Waals surface area contributed by atoms with E-state index in [2.05, 4.69) is 37.4 Å². The third-order valence-corrected chi connectivity index (χ3v) is 5.03. The lowest BCUT2D eigenvalue weighted by Crippen LogP contribution is -2.08. The Bertz CT molecular complexity index is 927. The highest BCUT2D eigenvalue weighted by Crippen LogP contribution is 2.35. The van der Waals surface area contributed by atoms with Crippen molar-refractivity contribution in [1.82, 2.24) is 9.78 Å². The van der Waals surface area contributed by atoms with E-state index in [-0.39, 0.29) is 5.82 Å². The van der Waals surface area contributed by atoms with Crippen molar-refractivity contribution in [2.24, 2.45) is 0 Å². The molecule has 0 bridgehead atoms. The lowest BCUT2D eigenvalue weighted by Gasteiger charge is -2.13. The summed E-state index contributed by atoms with van der Waals surface area (Å²) < 4.78 is 15.8. The normalized spacial score (nSPS) is 13.9. The Morgan fingerprint density at radius 3 is 2.76 bits per heavy atom. The van der Waals surface area contributed by atoms with Gasteiger partial charge in [0.1, 0.15) is 11.6 Å². The maximum atomic E-state index is 13.8. The van der Waals surface area contributed by atoms with Gasteiger partial charge in [-0.15, -0.1) is 0 Å². The second-order valence-corrected chi connectivity index (χ2v) is 6.70. The van der Waals surface area contributed by atoms with Gasteiger partial charge in [0.25, 0.3) is 0 Å². The van der Waals surface area contributed by atoms with Gasteiger partial charge in [0, 0.05) is 17.7 Å². The molecule has 0 saturated heterocycles. The summed E-state index contributed by atoms with van der Waals surface area (Å²) in [5.74, 6) is 0.819. The third kappa shape index (κ3) is 2.82. The van der Waals surface area contributed by atoms with E-state index in [0.717, 1.165) is 48.6 Å². The van der Waals surface area contributed by atoms with Gasteiger partial charge in [0.05, 0.1) is 11.4 Å². The number of nitrogens with one attached hydrogen (secondary N) is 1. The highest BCUT2D eigenvalue weighted by Gasteiger charge is 2.22. The summed E-state index contributed by atoms with van der Waals surface area (Å²) >= 11 is 0.